The van der Waals surface area contributed by atoms with Crippen molar-refractivity contribution in [3.05, 3.63) is 76.4 Å². The maximum Gasteiger partial charge on any atom is 0.269 e. The van der Waals surface area contributed by atoms with Crippen LogP contribution < -0.4 is 10.1 Å². The van der Waals surface area contributed by atoms with Gasteiger partial charge in [0, 0.05) is 28.7 Å². The number of nitrogens with zero attached hydrogens (tertiary/aromatic N) is 2. The van der Waals surface area contributed by atoms with E-state index in [2.05, 4.69) is 10.3 Å². The monoisotopic (exact) mass is 397 g/mol. The second-order valence-electron chi connectivity index (χ2n) is 5.90. The second kappa shape index (κ2) is 7.42. The molecule has 0 saturated heterocycles. The predicted octanol–water partition coefficient (Wildman–Crippen LogP) is 4.65. The standard InChI is InChI=1S/C20H16ClN3O2S/c1-26-15-8-6-13(7-9-15)17-11-24-18(12-27-20(24)23-17)19(25)22-10-14-4-2-3-5-16(14)21/h2-9,11-12H,10H2,1H3,(H,22,25). The fourth-order valence-electron chi connectivity index (χ4n) is 2.76. The maximum atomic E-state index is 12.6. The van der Waals surface area contributed by atoms with Crippen LogP contribution in [0.1, 0.15) is 16.1 Å². The number of carbonyl (C=O) groups is 1. The molecule has 2 aromatic carbocycles. The Kier molecular flexibility index (Phi) is 4.83. The lowest BCUT2D eigenvalue weighted by Gasteiger charge is -2.06. The highest BCUT2D eigenvalue weighted by molar-refractivity contribution is 7.15. The van der Waals surface area contributed by atoms with Crippen molar-refractivity contribution in [1.29, 1.82) is 0 Å². The summed E-state index contributed by atoms with van der Waals surface area (Å²) in [5.74, 6) is 0.624. The van der Waals surface area contributed by atoms with E-state index in [9.17, 15) is 4.79 Å². The van der Waals surface area contributed by atoms with Gasteiger partial charge in [-0.15, -0.1) is 11.3 Å². The average Bonchev–Trinajstić information content (AvgIpc) is 3.28. The number of thiazole rings is 1. The van der Waals surface area contributed by atoms with E-state index in [4.69, 9.17) is 16.3 Å². The molecule has 1 amide bonds. The number of nitrogens with one attached hydrogen (secondary N) is 1. The number of halogens is 1. The molecule has 0 radical (unpaired) electrons. The third kappa shape index (κ3) is 3.54. The van der Waals surface area contributed by atoms with Gasteiger partial charge >= 0.3 is 0 Å². The molecule has 0 saturated carbocycles. The zero-order valence-corrected chi connectivity index (χ0v) is 16.1. The van der Waals surface area contributed by atoms with Gasteiger partial charge in [0.05, 0.1) is 12.8 Å². The third-order valence-electron chi connectivity index (χ3n) is 4.22. The average molecular weight is 398 g/mol. The molecule has 0 bridgehead atoms. The third-order valence-corrected chi connectivity index (χ3v) is 5.43. The Labute approximate surface area is 165 Å². The summed E-state index contributed by atoms with van der Waals surface area (Å²) in [6.07, 6.45) is 1.87. The largest absolute Gasteiger partial charge is 0.497 e. The summed E-state index contributed by atoms with van der Waals surface area (Å²) >= 11 is 7.58. The first-order chi connectivity index (χ1) is 13.2. The first-order valence-electron chi connectivity index (χ1n) is 8.28. The lowest BCUT2D eigenvalue weighted by molar-refractivity contribution is 0.0945. The van der Waals surface area contributed by atoms with Crippen molar-refractivity contribution >= 4 is 33.8 Å². The number of hydrogen-bond donors (Lipinski definition) is 1. The van der Waals surface area contributed by atoms with E-state index >= 15 is 0 Å². The smallest absolute Gasteiger partial charge is 0.269 e. The number of rotatable bonds is 5. The van der Waals surface area contributed by atoms with Crippen molar-refractivity contribution in [1.82, 2.24) is 14.7 Å². The number of carbonyl (C=O) groups excluding carboxylic acids is 1. The maximum absolute atomic E-state index is 12.6. The number of hydrogen-bond acceptors (Lipinski definition) is 4. The fourth-order valence-corrected chi connectivity index (χ4v) is 3.81. The first-order valence-corrected chi connectivity index (χ1v) is 9.54. The quantitative estimate of drug-likeness (QED) is 0.533. The molecular weight excluding hydrogens is 382 g/mol. The summed E-state index contributed by atoms with van der Waals surface area (Å²) < 4.78 is 7.00. The van der Waals surface area contributed by atoms with Crippen LogP contribution in [0.25, 0.3) is 16.2 Å². The van der Waals surface area contributed by atoms with Gasteiger partial charge in [0.2, 0.25) is 0 Å². The Bertz CT molecular complexity index is 1100. The lowest BCUT2D eigenvalue weighted by Crippen LogP contribution is -2.24. The number of methoxy groups -OCH3 is 1. The van der Waals surface area contributed by atoms with Crippen LogP contribution in [0.5, 0.6) is 5.75 Å². The topological polar surface area (TPSA) is 55.6 Å². The molecule has 0 fully saturated rings. The molecule has 136 valence electrons. The number of imidazole rings is 1. The van der Waals surface area contributed by atoms with Crippen molar-refractivity contribution in [2.45, 2.75) is 6.54 Å². The van der Waals surface area contributed by atoms with Crippen LogP contribution in [0, 0.1) is 0 Å². The molecule has 0 aliphatic carbocycles. The van der Waals surface area contributed by atoms with Gasteiger partial charge in [0.15, 0.2) is 4.96 Å². The molecule has 4 aromatic rings. The van der Waals surface area contributed by atoms with Gasteiger partial charge < -0.3 is 10.1 Å². The summed E-state index contributed by atoms with van der Waals surface area (Å²) in [7, 11) is 1.63. The Hall–Kier alpha value is -2.83. The van der Waals surface area contributed by atoms with Gasteiger partial charge in [-0.05, 0) is 35.9 Å². The normalized spacial score (nSPS) is 10.9. The van der Waals surface area contributed by atoms with Crippen LogP contribution in [0.15, 0.2) is 60.1 Å². The van der Waals surface area contributed by atoms with E-state index < -0.39 is 0 Å². The zero-order valence-electron chi connectivity index (χ0n) is 14.5. The molecule has 0 atom stereocenters. The predicted molar refractivity (Wildman–Crippen MR) is 108 cm³/mol. The van der Waals surface area contributed by atoms with Crippen molar-refractivity contribution in [2.24, 2.45) is 0 Å². The molecule has 0 aliphatic heterocycles. The van der Waals surface area contributed by atoms with Crippen LogP contribution >= 0.6 is 22.9 Å². The highest BCUT2D eigenvalue weighted by Gasteiger charge is 2.15. The van der Waals surface area contributed by atoms with Gasteiger partial charge in [-0.25, -0.2) is 4.98 Å². The van der Waals surface area contributed by atoms with Gasteiger partial charge in [0.25, 0.3) is 5.91 Å². The van der Waals surface area contributed by atoms with Gasteiger partial charge in [-0.3, -0.25) is 9.20 Å². The van der Waals surface area contributed by atoms with Crippen LogP contribution in [0.4, 0.5) is 0 Å². The number of benzene rings is 2. The summed E-state index contributed by atoms with van der Waals surface area (Å²) in [5.41, 5.74) is 3.21. The van der Waals surface area contributed by atoms with Crippen molar-refractivity contribution < 1.29 is 9.53 Å². The lowest BCUT2D eigenvalue weighted by atomic mass is 10.2. The Balaban J connectivity index is 1.56. The minimum atomic E-state index is -0.167. The number of fused-ring (bicyclic) bond motifs is 1. The molecule has 7 heteroatoms. The van der Waals surface area contributed by atoms with Crippen molar-refractivity contribution in [3.63, 3.8) is 0 Å². The first kappa shape index (κ1) is 17.6. The molecular formula is C20H16ClN3O2S. The minimum Gasteiger partial charge on any atom is -0.497 e. The number of ether oxygens (including phenoxy) is 1. The van der Waals surface area contributed by atoms with Crippen molar-refractivity contribution in [3.8, 4) is 17.0 Å². The molecule has 2 aromatic heterocycles. The molecule has 4 rings (SSSR count). The van der Waals surface area contributed by atoms with E-state index in [1.165, 1.54) is 11.3 Å². The summed E-state index contributed by atoms with van der Waals surface area (Å²) in [4.78, 5) is 18.0. The van der Waals surface area contributed by atoms with Gasteiger partial charge in [0.1, 0.15) is 11.4 Å². The van der Waals surface area contributed by atoms with Gasteiger partial charge in [-0.2, -0.15) is 0 Å². The number of aromatic nitrogens is 2. The molecule has 1 N–H and O–H groups in total. The molecule has 0 unspecified atom stereocenters. The van der Waals surface area contributed by atoms with Crippen LogP contribution in [0.3, 0.4) is 0 Å². The SMILES string of the molecule is COc1ccc(-c2cn3c(C(=O)NCc4ccccc4Cl)csc3n2)cc1. The summed E-state index contributed by atoms with van der Waals surface area (Å²) in [6.45, 7) is 0.371. The van der Waals surface area contributed by atoms with E-state index in [0.717, 1.165) is 27.5 Å². The summed E-state index contributed by atoms with van der Waals surface area (Å²) in [5, 5.41) is 5.36. The molecule has 2 heterocycles. The summed E-state index contributed by atoms with van der Waals surface area (Å²) in [6, 6.07) is 15.1. The molecule has 27 heavy (non-hydrogen) atoms. The highest BCUT2D eigenvalue weighted by Crippen LogP contribution is 2.25. The van der Waals surface area contributed by atoms with Crippen molar-refractivity contribution in [2.75, 3.05) is 7.11 Å². The van der Waals surface area contributed by atoms with E-state index in [0.29, 0.717) is 17.3 Å². The molecule has 5 nitrogen and oxygen atoms in total. The highest BCUT2D eigenvalue weighted by atomic mass is 35.5. The van der Waals surface area contributed by atoms with E-state index in [1.54, 1.807) is 7.11 Å². The minimum absolute atomic E-state index is 0.167. The molecule has 0 aliphatic rings. The fraction of sp³-hybridized carbons (Fsp3) is 0.100. The van der Waals surface area contributed by atoms with E-state index in [1.807, 2.05) is 64.5 Å². The zero-order chi connectivity index (χ0) is 18.8. The Morgan fingerprint density at radius 2 is 2.00 bits per heavy atom. The Morgan fingerprint density at radius 1 is 1.22 bits per heavy atom. The molecule has 0 spiro atoms. The Morgan fingerprint density at radius 3 is 2.74 bits per heavy atom. The van der Waals surface area contributed by atoms with Gasteiger partial charge in [-0.1, -0.05) is 29.8 Å². The van der Waals surface area contributed by atoms with Crippen LogP contribution in [0.2, 0.25) is 5.02 Å². The number of amides is 1. The van der Waals surface area contributed by atoms with Crippen LogP contribution in [-0.4, -0.2) is 22.4 Å². The second-order valence-corrected chi connectivity index (χ2v) is 7.15. The van der Waals surface area contributed by atoms with E-state index in [-0.39, 0.29) is 5.91 Å². The van der Waals surface area contributed by atoms with Crippen LogP contribution in [-0.2, 0) is 6.54 Å².